The molecule has 0 amide bonds. The highest BCUT2D eigenvalue weighted by Gasteiger charge is 2.29. The van der Waals surface area contributed by atoms with Crippen molar-refractivity contribution in [2.24, 2.45) is 0 Å². The first-order chi connectivity index (χ1) is 18.3. The van der Waals surface area contributed by atoms with E-state index in [9.17, 15) is 14.7 Å². The van der Waals surface area contributed by atoms with E-state index in [-0.39, 0.29) is 5.78 Å². The number of carbonyl (C=O) groups is 2. The Morgan fingerprint density at radius 3 is 2.37 bits per heavy atom. The van der Waals surface area contributed by atoms with E-state index < -0.39 is 11.6 Å². The zero-order valence-electron chi connectivity index (χ0n) is 21.6. The fourth-order valence-electron chi connectivity index (χ4n) is 3.80. The van der Waals surface area contributed by atoms with Gasteiger partial charge in [0.25, 0.3) is 0 Å². The molecule has 0 aliphatic rings. The van der Waals surface area contributed by atoms with Crippen LogP contribution in [0.2, 0.25) is 0 Å². The Labute approximate surface area is 221 Å². The van der Waals surface area contributed by atoms with E-state index in [0.717, 1.165) is 5.56 Å². The van der Waals surface area contributed by atoms with Crippen LogP contribution in [0.15, 0.2) is 85.1 Å². The van der Waals surface area contributed by atoms with Crippen molar-refractivity contribution in [1.82, 2.24) is 9.55 Å². The highest BCUT2D eigenvalue weighted by molar-refractivity contribution is 6.07. The SMILES string of the molecule is COc1cccc(C(=O)c2nc(-c3ccccc3)cn2CCCOc2cccc(OC(C)(C)C(=O)O)c2)c1. The molecule has 0 radical (unpaired) electrons. The van der Waals surface area contributed by atoms with Crippen LogP contribution in [-0.2, 0) is 11.3 Å². The number of ether oxygens (including phenoxy) is 3. The molecule has 0 spiro atoms. The Morgan fingerprint density at radius 1 is 0.921 bits per heavy atom. The molecule has 0 saturated heterocycles. The summed E-state index contributed by atoms with van der Waals surface area (Å²) < 4.78 is 18.6. The summed E-state index contributed by atoms with van der Waals surface area (Å²) in [6.07, 6.45) is 2.49. The average Bonchev–Trinajstić information content (AvgIpc) is 3.35. The fraction of sp³-hybridized carbons (Fsp3) is 0.233. The number of aryl methyl sites for hydroxylation is 1. The Bertz CT molecular complexity index is 1410. The maximum absolute atomic E-state index is 13.4. The van der Waals surface area contributed by atoms with Crippen molar-refractivity contribution in [3.63, 3.8) is 0 Å². The number of ketones is 1. The van der Waals surface area contributed by atoms with E-state index in [4.69, 9.17) is 14.2 Å². The quantitative estimate of drug-likeness (QED) is 0.197. The summed E-state index contributed by atoms with van der Waals surface area (Å²) in [4.78, 5) is 29.4. The lowest BCUT2D eigenvalue weighted by Gasteiger charge is -2.21. The molecule has 0 saturated carbocycles. The molecule has 0 unspecified atom stereocenters. The Hall–Kier alpha value is -4.59. The third-order valence-electron chi connectivity index (χ3n) is 5.89. The highest BCUT2D eigenvalue weighted by atomic mass is 16.5. The summed E-state index contributed by atoms with van der Waals surface area (Å²) in [5.41, 5.74) is 0.766. The van der Waals surface area contributed by atoms with Gasteiger partial charge in [-0.15, -0.1) is 0 Å². The van der Waals surface area contributed by atoms with Crippen molar-refractivity contribution >= 4 is 11.8 Å². The first kappa shape index (κ1) is 26.5. The van der Waals surface area contributed by atoms with Crippen molar-refractivity contribution in [2.45, 2.75) is 32.4 Å². The first-order valence-corrected chi connectivity index (χ1v) is 12.2. The second-order valence-corrected chi connectivity index (χ2v) is 9.16. The van der Waals surface area contributed by atoms with Crippen molar-refractivity contribution in [3.8, 4) is 28.5 Å². The molecule has 0 atom stereocenters. The zero-order valence-corrected chi connectivity index (χ0v) is 21.6. The normalized spacial score (nSPS) is 11.1. The maximum atomic E-state index is 13.4. The highest BCUT2D eigenvalue weighted by Crippen LogP contribution is 2.25. The standard InChI is InChI=1S/C30H30N2O6/c1-30(2,29(34)35)38-25-15-8-14-24(19-25)37-17-9-16-32-20-26(21-10-5-4-6-11-21)31-28(32)27(33)22-12-7-13-23(18-22)36-3/h4-8,10-15,18-20H,9,16-17H2,1-3H3,(H,34,35). The van der Waals surface area contributed by atoms with Crippen LogP contribution in [0.5, 0.6) is 17.2 Å². The average molecular weight is 515 g/mol. The summed E-state index contributed by atoms with van der Waals surface area (Å²) in [5.74, 6) is 0.651. The molecule has 3 aromatic carbocycles. The second-order valence-electron chi connectivity index (χ2n) is 9.16. The van der Waals surface area contributed by atoms with Crippen LogP contribution in [0.3, 0.4) is 0 Å². The lowest BCUT2D eigenvalue weighted by molar-refractivity contribution is -0.152. The molecular formula is C30H30N2O6. The molecule has 38 heavy (non-hydrogen) atoms. The number of methoxy groups -OCH3 is 1. The van der Waals surface area contributed by atoms with E-state index in [1.165, 1.54) is 13.8 Å². The lowest BCUT2D eigenvalue weighted by Crippen LogP contribution is -2.37. The van der Waals surface area contributed by atoms with E-state index in [2.05, 4.69) is 4.98 Å². The molecule has 0 aliphatic carbocycles. The van der Waals surface area contributed by atoms with Crippen molar-refractivity contribution in [1.29, 1.82) is 0 Å². The van der Waals surface area contributed by atoms with Gasteiger partial charge in [0.15, 0.2) is 11.4 Å². The molecular weight excluding hydrogens is 484 g/mol. The predicted molar refractivity (Wildman–Crippen MR) is 143 cm³/mol. The molecule has 4 rings (SSSR count). The van der Waals surface area contributed by atoms with Gasteiger partial charge in [-0.1, -0.05) is 48.5 Å². The number of nitrogens with zero attached hydrogens (tertiary/aromatic N) is 2. The van der Waals surface area contributed by atoms with Crippen LogP contribution in [0.1, 0.15) is 36.5 Å². The van der Waals surface area contributed by atoms with Gasteiger partial charge in [-0.05, 0) is 44.5 Å². The Kier molecular flexibility index (Phi) is 8.11. The predicted octanol–water partition coefficient (Wildman–Crippen LogP) is 5.50. The summed E-state index contributed by atoms with van der Waals surface area (Å²) in [5, 5.41) is 9.29. The maximum Gasteiger partial charge on any atom is 0.347 e. The molecule has 4 aromatic rings. The molecule has 1 heterocycles. The van der Waals surface area contributed by atoms with Gasteiger partial charge in [-0.2, -0.15) is 0 Å². The van der Waals surface area contributed by atoms with Crippen molar-refractivity contribution < 1.29 is 28.9 Å². The summed E-state index contributed by atoms with van der Waals surface area (Å²) in [7, 11) is 1.56. The smallest absolute Gasteiger partial charge is 0.347 e. The van der Waals surface area contributed by atoms with Crippen molar-refractivity contribution in [3.05, 3.63) is 96.4 Å². The molecule has 8 nitrogen and oxygen atoms in total. The third-order valence-corrected chi connectivity index (χ3v) is 5.89. The van der Waals surface area contributed by atoms with Gasteiger partial charge < -0.3 is 23.9 Å². The number of hydrogen-bond donors (Lipinski definition) is 1. The van der Waals surface area contributed by atoms with Gasteiger partial charge in [0.05, 0.1) is 19.4 Å². The summed E-state index contributed by atoms with van der Waals surface area (Å²) in [6.45, 7) is 3.86. The zero-order chi connectivity index (χ0) is 27.1. The number of rotatable bonds is 12. The van der Waals surface area contributed by atoms with Crippen LogP contribution in [0.4, 0.5) is 0 Å². The number of carbonyl (C=O) groups excluding carboxylic acids is 1. The van der Waals surface area contributed by atoms with Crippen LogP contribution in [0.25, 0.3) is 11.3 Å². The molecule has 0 fully saturated rings. The van der Waals surface area contributed by atoms with Gasteiger partial charge >= 0.3 is 5.97 Å². The summed E-state index contributed by atoms with van der Waals surface area (Å²) in [6, 6.07) is 23.6. The Balaban J connectivity index is 1.47. The first-order valence-electron chi connectivity index (χ1n) is 12.2. The second kappa shape index (κ2) is 11.6. The van der Waals surface area contributed by atoms with Crippen LogP contribution in [0, 0.1) is 0 Å². The number of aliphatic carboxylic acids is 1. The number of hydrogen-bond acceptors (Lipinski definition) is 6. The van der Waals surface area contributed by atoms with Gasteiger partial charge in [0, 0.05) is 29.9 Å². The Morgan fingerprint density at radius 2 is 1.63 bits per heavy atom. The van der Waals surface area contributed by atoms with E-state index in [1.807, 2.05) is 41.1 Å². The largest absolute Gasteiger partial charge is 0.497 e. The molecule has 0 bridgehead atoms. The number of imidazole rings is 1. The minimum atomic E-state index is -1.36. The van der Waals surface area contributed by atoms with E-state index in [1.54, 1.807) is 55.6 Å². The molecule has 0 aliphatic heterocycles. The number of aromatic nitrogens is 2. The topological polar surface area (TPSA) is 99.9 Å². The fourth-order valence-corrected chi connectivity index (χ4v) is 3.80. The number of carboxylic acid groups (broad SMARTS) is 1. The van der Waals surface area contributed by atoms with Gasteiger partial charge in [-0.25, -0.2) is 9.78 Å². The van der Waals surface area contributed by atoms with Crippen LogP contribution < -0.4 is 14.2 Å². The van der Waals surface area contributed by atoms with Crippen LogP contribution >= 0.6 is 0 Å². The molecule has 1 aromatic heterocycles. The number of carboxylic acids is 1. The number of benzene rings is 3. The van der Waals surface area contributed by atoms with E-state index in [0.29, 0.717) is 53.9 Å². The molecule has 196 valence electrons. The minimum Gasteiger partial charge on any atom is -0.497 e. The molecule has 1 N–H and O–H groups in total. The molecule has 8 heteroatoms. The van der Waals surface area contributed by atoms with Crippen LogP contribution in [-0.4, -0.2) is 45.7 Å². The third kappa shape index (κ3) is 6.39. The summed E-state index contributed by atoms with van der Waals surface area (Å²) >= 11 is 0. The van der Waals surface area contributed by atoms with Gasteiger partial charge in [-0.3, -0.25) is 4.79 Å². The minimum absolute atomic E-state index is 0.196. The lowest BCUT2D eigenvalue weighted by atomic mass is 10.1. The van der Waals surface area contributed by atoms with Crippen molar-refractivity contribution in [2.75, 3.05) is 13.7 Å². The van der Waals surface area contributed by atoms with E-state index >= 15 is 0 Å². The van der Waals surface area contributed by atoms with Gasteiger partial charge in [0.1, 0.15) is 17.2 Å². The monoisotopic (exact) mass is 514 g/mol. The van der Waals surface area contributed by atoms with Gasteiger partial charge in [0.2, 0.25) is 5.78 Å².